The molecule has 1 aromatic carbocycles. The quantitative estimate of drug-likeness (QED) is 0.638. The number of benzene rings is 1. The molecule has 1 aromatic heterocycles. The molecule has 0 unspecified atom stereocenters. The molecule has 0 bridgehead atoms. The van der Waals surface area contributed by atoms with E-state index in [0.29, 0.717) is 12.3 Å². The molecule has 0 aliphatic carbocycles. The minimum Gasteiger partial charge on any atom is -0.460 e. The Kier molecular flexibility index (Phi) is 6.20. The highest BCUT2D eigenvalue weighted by molar-refractivity contribution is 5.81. The number of rotatable bonds is 6. The van der Waals surface area contributed by atoms with Gasteiger partial charge in [-0.05, 0) is 31.5 Å². The third-order valence-corrected chi connectivity index (χ3v) is 4.50. The van der Waals surface area contributed by atoms with Crippen LogP contribution in [0.2, 0.25) is 0 Å². The van der Waals surface area contributed by atoms with Crippen molar-refractivity contribution in [3.05, 3.63) is 59.0 Å². The zero-order valence-electron chi connectivity index (χ0n) is 15.4. The van der Waals surface area contributed by atoms with Crippen LogP contribution < -0.4 is 5.43 Å². The van der Waals surface area contributed by atoms with E-state index in [1.807, 2.05) is 19.1 Å². The summed E-state index contributed by atoms with van der Waals surface area (Å²) in [6, 6.07) is 12.4. The minimum atomic E-state index is -0.100. The van der Waals surface area contributed by atoms with Gasteiger partial charge in [0.25, 0.3) is 5.91 Å². The fraction of sp³-hybridized carbons (Fsp3) is 0.400. The average molecular weight is 354 g/mol. The Balaban J connectivity index is 1.37. The molecule has 26 heavy (non-hydrogen) atoms. The molecule has 6 heteroatoms. The molecule has 1 fully saturated rings. The molecule has 0 radical (unpaired) electrons. The molecule has 0 atom stereocenters. The van der Waals surface area contributed by atoms with E-state index in [1.165, 1.54) is 17.3 Å². The largest absolute Gasteiger partial charge is 0.460 e. The maximum absolute atomic E-state index is 12.0. The normalized spacial score (nSPS) is 16.2. The second kappa shape index (κ2) is 8.78. The summed E-state index contributed by atoms with van der Waals surface area (Å²) in [5.74, 6) is 1.35. The molecule has 1 amide bonds. The molecule has 1 saturated heterocycles. The van der Waals surface area contributed by atoms with E-state index in [0.717, 1.165) is 38.5 Å². The zero-order valence-corrected chi connectivity index (χ0v) is 15.4. The van der Waals surface area contributed by atoms with Gasteiger partial charge in [0.1, 0.15) is 11.5 Å². The van der Waals surface area contributed by atoms with E-state index in [-0.39, 0.29) is 5.91 Å². The number of piperazine rings is 1. The first-order valence-electron chi connectivity index (χ1n) is 8.97. The summed E-state index contributed by atoms with van der Waals surface area (Å²) in [4.78, 5) is 16.6. The van der Waals surface area contributed by atoms with E-state index in [1.54, 1.807) is 0 Å². The van der Waals surface area contributed by atoms with Gasteiger partial charge in [0.05, 0.1) is 12.8 Å². The molecule has 138 valence electrons. The second-order valence-electron chi connectivity index (χ2n) is 6.78. The molecule has 2 aromatic rings. The highest BCUT2D eigenvalue weighted by Gasteiger charge is 2.18. The monoisotopic (exact) mass is 354 g/mol. The number of furan rings is 1. The summed E-state index contributed by atoms with van der Waals surface area (Å²) in [7, 11) is 0. The molecular formula is C20H26N4O2. The van der Waals surface area contributed by atoms with E-state index in [2.05, 4.69) is 51.5 Å². The Morgan fingerprint density at radius 1 is 1.08 bits per heavy atom. The molecule has 0 spiro atoms. The van der Waals surface area contributed by atoms with Crippen molar-refractivity contribution in [1.82, 2.24) is 15.2 Å². The maximum Gasteiger partial charge on any atom is 0.254 e. The lowest BCUT2D eigenvalue weighted by molar-refractivity contribution is -0.122. The molecule has 1 aliphatic heterocycles. The Hall–Kier alpha value is -2.44. The van der Waals surface area contributed by atoms with E-state index < -0.39 is 0 Å². The lowest BCUT2D eigenvalue weighted by Crippen LogP contribution is -2.48. The maximum atomic E-state index is 12.0. The summed E-state index contributed by atoms with van der Waals surface area (Å²) in [6.45, 7) is 9.02. The van der Waals surface area contributed by atoms with Gasteiger partial charge >= 0.3 is 0 Å². The number of nitrogens with one attached hydrogen (secondary N) is 1. The van der Waals surface area contributed by atoms with Crippen molar-refractivity contribution >= 4 is 12.1 Å². The van der Waals surface area contributed by atoms with Gasteiger partial charge in [0.15, 0.2) is 0 Å². The number of carbonyl (C=O) groups is 1. The number of nitrogens with zero attached hydrogens (tertiary/aromatic N) is 3. The number of hydrazone groups is 1. The smallest absolute Gasteiger partial charge is 0.254 e. The number of aryl methyl sites for hydroxylation is 2. The second-order valence-corrected chi connectivity index (χ2v) is 6.78. The van der Waals surface area contributed by atoms with Gasteiger partial charge in [0, 0.05) is 32.7 Å². The first kappa shape index (κ1) is 18.4. The predicted molar refractivity (Wildman–Crippen MR) is 102 cm³/mol. The Labute approximate surface area is 154 Å². The molecule has 0 saturated carbocycles. The van der Waals surface area contributed by atoms with Gasteiger partial charge in [-0.15, -0.1) is 0 Å². The van der Waals surface area contributed by atoms with E-state index in [9.17, 15) is 4.79 Å². The number of carbonyl (C=O) groups excluding carboxylic acids is 1. The van der Waals surface area contributed by atoms with Crippen molar-refractivity contribution in [3.63, 3.8) is 0 Å². The standard InChI is InChI=1S/C20H26N4O2/c1-16-3-6-18(7-4-16)14-23-9-11-24(12-10-23)15-20(25)22-21-13-19-8-5-17(2)26-19/h3-8,13H,9-12,14-15H2,1-2H3,(H,22,25)/b21-13+. The Morgan fingerprint density at radius 3 is 2.42 bits per heavy atom. The molecule has 6 nitrogen and oxygen atoms in total. The number of hydrogen-bond donors (Lipinski definition) is 1. The third kappa shape index (κ3) is 5.54. The van der Waals surface area contributed by atoms with Crippen molar-refractivity contribution in [3.8, 4) is 0 Å². The van der Waals surface area contributed by atoms with Gasteiger partial charge < -0.3 is 4.42 Å². The molecule has 1 aliphatic rings. The first-order chi connectivity index (χ1) is 12.6. The molecule has 1 N–H and O–H groups in total. The van der Waals surface area contributed by atoms with Crippen LogP contribution in [0.25, 0.3) is 0 Å². The summed E-state index contributed by atoms with van der Waals surface area (Å²) >= 11 is 0. The zero-order chi connectivity index (χ0) is 18.4. The van der Waals surface area contributed by atoms with Crippen molar-refractivity contribution in [2.75, 3.05) is 32.7 Å². The highest BCUT2D eigenvalue weighted by Crippen LogP contribution is 2.09. The fourth-order valence-electron chi connectivity index (χ4n) is 2.99. The van der Waals surface area contributed by atoms with Gasteiger partial charge in [-0.2, -0.15) is 5.10 Å². The van der Waals surface area contributed by atoms with E-state index >= 15 is 0 Å². The molecule has 2 heterocycles. The van der Waals surface area contributed by atoms with Crippen LogP contribution in [0.5, 0.6) is 0 Å². The minimum absolute atomic E-state index is 0.100. The van der Waals surface area contributed by atoms with Crippen LogP contribution in [0.4, 0.5) is 0 Å². The Bertz CT molecular complexity index is 743. The fourth-order valence-corrected chi connectivity index (χ4v) is 2.99. The van der Waals surface area contributed by atoms with Crippen LogP contribution in [0.1, 0.15) is 22.6 Å². The van der Waals surface area contributed by atoms with Crippen molar-refractivity contribution in [2.45, 2.75) is 20.4 Å². The van der Waals surface area contributed by atoms with E-state index in [4.69, 9.17) is 4.42 Å². The topological polar surface area (TPSA) is 61.1 Å². The van der Waals surface area contributed by atoms with Crippen LogP contribution >= 0.6 is 0 Å². The lowest BCUT2D eigenvalue weighted by atomic mass is 10.1. The number of amides is 1. The predicted octanol–water partition coefficient (Wildman–Crippen LogP) is 2.16. The average Bonchev–Trinajstić information content (AvgIpc) is 3.04. The molecular weight excluding hydrogens is 328 g/mol. The van der Waals surface area contributed by atoms with Crippen LogP contribution in [0.3, 0.4) is 0 Å². The van der Waals surface area contributed by atoms with Crippen LogP contribution in [-0.4, -0.2) is 54.6 Å². The van der Waals surface area contributed by atoms with Gasteiger partial charge in [0.2, 0.25) is 0 Å². The van der Waals surface area contributed by atoms with Crippen LogP contribution in [0.15, 0.2) is 45.9 Å². The summed E-state index contributed by atoms with van der Waals surface area (Å²) in [5, 5.41) is 3.94. The summed E-state index contributed by atoms with van der Waals surface area (Å²) < 4.78 is 5.37. The van der Waals surface area contributed by atoms with Crippen molar-refractivity contribution in [1.29, 1.82) is 0 Å². The van der Waals surface area contributed by atoms with Crippen molar-refractivity contribution < 1.29 is 9.21 Å². The molecule has 3 rings (SSSR count). The van der Waals surface area contributed by atoms with Crippen LogP contribution in [-0.2, 0) is 11.3 Å². The van der Waals surface area contributed by atoms with Gasteiger partial charge in [-0.25, -0.2) is 5.43 Å². The highest BCUT2D eigenvalue weighted by atomic mass is 16.3. The van der Waals surface area contributed by atoms with Gasteiger partial charge in [-0.3, -0.25) is 14.6 Å². The third-order valence-electron chi connectivity index (χ3n) is 4.50. The summed E-state index contributed by atoms with van der Waals surface area (Å²) in [6.07, 6.45) is 1.52. The van der Waals surface area contributed by atoms with Crippen molar-refractivity contribution in [2.24, 2.45) is 5.10 Å². The van der Waals surface area contributed by atoms with Gasteiger partial charge in [-0.1, -0.05) is 29.8 Å². The SMILES string of the molecule is Cc1ccc(CN2CCN(CC(=O)N/N=C/c3ccc(C)o3)CC2)cc1. The number of hydrogen-bond acceptors (Lipinski definition) is 5. The summed E-state index contributed by atoms with van der Waals surface area (Å²) in [5.41, 5.74) is 5.18. The van der Waals surface area contributed by atoms with Crippen LogP contribution in [0, 0.1) is 13.8 Å². The Morgan fingerprint density at radius 2 is 1.77 bits per heavy atom. The first-order valence-corrected chi connectivity index (χ1v) is 8.97. The lowest BCUT2D eigenvalue weighted by Gasteiger charge is -2.34.